The maximum Gasteiger partial charge on any atom is 0.205 e. The number of aromatic nitrogens is 2. The van der Waals surface area contributed by atoms with Crippen LogP contribution < -0.4 is 5.32 Å². The summed E-state index contributed by atoms with van der Waals surface area (Å²) < 4.78 is 0. The third-order valence-corrected chi connectivity index (χ3v) is 3.13. The van der Waals surface area contributed by atoms with E-state index in [2.05, 4.69) is 26.5 Å². The molecule has 0 aliphatic rings. The van der Waals surface area contributed by atoms with Crippen molar-refractivity contribution in [3.63, 3.8) is 0 Å². The molecule has 1 heterocycles. The second-order valence-electron chi connectivity index (χ2n) is 3.38. The first-order chi connectivity index (χ1) is 7.17. The quantitative estimate of drug-likeness (QED) is 0.818. The monoisotopic (exact) mass is 225 g/mol. The van der Waals surface area contributed by atoms with Gasteiger partial charge in [0.25, 0.3) is 0 Å². The van der Waals surface area contributed by atoms with Crippen molar-refractivity contribution in [3.8, 4) is 6.07 Å². The van der Waals surface area contributed by atoms with Gasteiger partial charge in [-0.1, -0.05) is 11.3 Å². The first-order valence-electron chi connectivity index (χ1n) is 4.74. The van der Waals surface area contributed by atoms with Gasteiger partial charge in [0.05, 0.1) is 19.0 Å². The molecule has 15 heavy (non-hydrogen) atoms. The van der Waals surface area contributed by atoms with Gasteiger partial charge in [-0.15, -0.1) is 10.2 Å². The van der Waals surface area contributed by atoms with E-state index in [0.29, 0.717) is 6.42 Å². The maximum atomic E-state index is 8.58. The minimum atomic E-state index is 0.247. The molecule has 0 fully saturated rings. The van der Waals surface area contributed by atoms with Crippen molar-refractivity contribution in [1.82, 2.24) is 15.1 Å². The van der Waals surface area contributed by atoms with Crippen LogP contribution in [0.2, 0.25) is 0 Å². The van der Waals surface area contributed by atoms with Gasteiger partial charge >= 0.3 is 0 Å². The van der Waals surface area contributed by atoms with Crippen LogP contribution in [0, 0.1) is 11.3 Å². The Bertz CT molecular complexity index is 343. The molecule has 1 aromatic heterocycles. The molecule has 1 unspecified atom stereocenters. The molecule has 0 aromatic carbocycles. The average molecular weight is 225 g/mol. The van der Waals surface area contributed by atoms with Crippen molar-refractivity contribution in [2.75, 3.05) is 19.4 Å². The van der Waals surface area contributed by atoms with E-state index < -0.39 is 0 Å². The number of hydrogen-bond donors (Lipinski definition) is 1. The Morgan fingerprint density at radius 2 is 2.33 bits per heavy atom. The average Bonchev–Trinajstić information content (AvgIpc) is 2.66. The minimum absolute atomic E-state index is 0.247. The summed E-state index contributed by atoms with van der Waals surface area (Å²) in [5, 5.41) is 21.3. The van der Waals surface area contributed by atoms with Crippen molar-refractivity contribution >= 4 is 16.5 Å². The van der Waals surface area contributed by atoms with Crippen LogP contribution >= 0.6 is 11.3 Å². The standard InChI is InChI=1S/C9H15N5S/c1-7(4-5-10)14(3)6-8-12-13-9(11-2)15-8/h7H,4,6H2,1-3H3,(H,11,13). The van der Waals surface area contributed by atoms with Crippen molar-refractivity contribution in [3.05, 3.63) is 5.01 Å². The van der Waals surface area contributed by atoms with Crippen LogP contribution in [0.15, 0.2) is 0 Å². The summed E-state index contributed by atoms with van der Waals surface area (Å²) >= 11 is 1.54. The van der Waals surface area contributed by atoms with E-state index in [1.54, 1.807) is 0 Å². The van der Waals surface area contributed by atoms with Crippen LogP contribution in [0.25, 0.3) is 0 Å². The molecular weight excluding hydrogens is 210 g/mol. The first kappa shape index (κ1) is 11.9. The minimum Gasteiger partial charge on any atom is -0.363 e. The topological polar surface area (TPSA) is 64.8 Å². The predicted molar refractivity (Wildman–Crippen MR) is 60.6 cm³/mol. The van der Waals surface area contributed by atoms with Gasteiger partial charge in [-0.2, -0.15) is 5.26 Å². The number of nitrogens with zero attached hydrogens (tertiary/aromatic N) is 4. The van der Waals surface area contributed by atoms with Gasteiger partial charge in [0.2, 0.25) is 5.13 Å². The molecular formula is C9H15N5S. The zero-order valence-corrected chi connectivity index (χ0v) is 10.0. The van der Waals surface area contributed by atoms with Crippen LogP contribution in [0.1, 0.15) is 18.4 Å². The Morgan fingerprint density at radius 3 is 2.87 bits per heavy atom. The fourth-order valence-corrected chi connectivity index (χ4v) is 1.83. The molecule has 5 nitrogen and oxygen atoms in total. The van der Waals surface area contributed by atoms with E-state index in [1.807, 2.05) is 21.0 Å². The molecule has 0 saturated carbocycles. The van der Waals surface area contributed by atoms with Gasteiger partial charge in [-0.3, -0.25) is 4.90 Å². The van der Waals surface area contributed by atoms with Crippen molar-refractivity contribution in [1.29, 1.82) is 5.26 Å². The molecule has 0 aliphatic heterocycles. The number of rotatable bonds is 5. The van der Waals surface area contributed by atoms with Crippen LogP contribution in [0.3, 0.4) is 0 Å². The lowest BCUT2D eigenvalue weighted by molar-refractivity contribution is 0.251. The number of nitrogens with one attached hydrogen (secondary N) is 1. The summed E-state index contributed by atoms with van der Waals surface area (Å²) in [7, 11) is 3.81. The molecule has 0 amide bonds. The van der Waals surface area contributed by atoms with Crippen molar-refractivity contribution in [2.45, 2.75) is 25.9 Å². The Hall–Kier alpha value is -1.19. The van der Waals surface area contributed by atoms with Crippen molar-refractivity contribution in [2.24, 2.45) is 0 Å². The number of anilines is 1. The highest BCUT2D eigenvalue weighted by Gasteiger charge is 2.11. The van der Waals surface area contributed by atoms with Crippen LogP contribution in [0.4, 0.5) is 5.13 Å². The second-order valence-corrected chi connectivity index (χ2v) is 4.44. The van der Waals surface area contributed by atoms with Crippen LogP contribution in [0.5, 0.6) is 0 Å². The summed E-state index contributed by atoms with van der Waals surface area (Å²) in [6.45, 7) is 2.77. The van der Waals surface area contributed by atoms with Crippen LogP contribution in [-0.4, -0.2) is 35.2 Å². The molecule has 1 N–H and O–H groups in total. The van der Waals surface area contributed by atoms with E-state index in [4.69, 9.17) is 5.26 Å². The third-order valence-electron chi connectivity index (χ3n) is 2.20. The van der Waals surface area contributed by atoms with Gasteiger partial charge in [0.1, 0.15) is 5.01 Å². The lowest BCUT2D eigenvalue weighted by Crippen LogP contribution is -2.28. The molecule has 0 saturated heterocycles. The fourth-order valence-electron chi connectivity index (χ4n) is 1.08. The number of nitriles is 1. The lowest BCUT2D eigenvalue weighted by atomic mass is 10.2. The fraction of sp³-hybridized carbons (Fsp3) is 0.667. The Labute approximate surface area is 93.7 Å². The van der Waals surface area contributed by atoms with E-state index in [9.17, 15) is 0 Å². The highest BCUT2D eigenvalue weighted by molar-refractivity contribution is 7.15. The van der Waals surface area contributed by atoms with Gasteiger partial charge in [-0.05, 0) is 14.0 Å². The zero-order chi connectivity index (χ0) is 11.3. The first-order valence-corrected chi connectivity index (χ1v) is 5.56. The number of hydrogen-bond acceptors (Lipinski definition) is 6. The maximum absolute atomic E-state index is 8.58. The molecule has 0 aliphatic carbocycles. The van der Waals surface area contributed by atoms with Gasteiger partial charge < -0.3 is 5.32 Å². The predicted octanol–water partition coefficient (Wildman–Crippen LogP) is 1.31. The Balaban J connectivity index is 2.50. The molecule has 1 rings (SSSR count). The van der Waals surface area contributed by atoms with E-state index >= 15 is 0 Å². The van der Waals surface area contributed by atoms with Gasteiger partial charge in [0, 0.05) is 13.1 Å². The summed E-state index contributed by atoms with van der Waals surface area (Å²) in [6, 6.07) is 2.41. The third kappa shape index (κ3) is 3.46. The van der Waals surface area contributed by atoms with Gasteiger partial charge in [-0.25, -0.2) is 0 Å². The molecule has 0 radical (unpaired) electrons. The summed E-state index contributed by atoms with van der Waals surface area (Å²) in [5.74, 6) is 0. The van der Waals surface area contributed by atoms with E-state index in [0.717, 1.165) is 16.7 Å². The van der Waals surface area contributed by atoms with Gasteiger partial charge in [0.15, 0.2) is 0 Å². The summed E-state index contributed by atoms with van der Waals surface area (Å²) in [5.41, 5.74) is 0. The van der Waals surface area contributed by atoms with Crippen LogP contribution in [-0.2, 0) is 6.54 Å². The Morgan fingerprint density at radius 1 is 1.60 bits per heavy atom. The largest absolute Gasteiger partial charge is 0.363 e. The normalized spacial score (nSPS) is 12.5. The Kier molecular flexibility index (Phi) is 4.46. The second kappa shape index (κ2) is 5.63. The molecule has 82 valence electrons. The molecule has 1 aromatic rings. The highest BCUT2D eigenvalue weighted by Crippen LogP contribution is 2.16. The summed E-state index contributed by atoms with van der Waals surface area (Å²) in [6.07, 6.45) is 0.536. The highest BCUT2D eigenvalue weighted by atomic mass is 32.1. The SMILES string of the molecule is CNc1nnc(CN(C)C(C)CC#N)s1. The molecule has 0 spiro atoms. The van der Waals surface area contributed by atoms with E-state index in [1.165, 1.54) is 11.3 Å². The van der Waals surface area contributed by atoms with Crippen molar-refractivity contribution < 1.29 is 0 Å². The lowest BCUT2D eigenvalue weighted by Gasteiger charge is -2.20. The molecule has 6 heteroatoms. The summed E-state index contributed by atoms with van der Waals surface area (Å²) in [4.78, 5) is 2.10. The smallest absolute Gasteiger partial charge is 0.205 e. The van der Waals surface area contributed by atoms with E-state index in [-0.39, 0.29) is 6.04 Å². The molecule has 1 atom stereocenters. The zero-order valence-electron chi connectivity index (χ0n) is 9.19. The molecule has 0 bridgehead atoms.